The summed E-state index contributed by atoms with van der Waals surface area (Å²) in [6.07, 6.45) is -1.97. The molecule has 0 aliphatic carbocycles. The molecule has 5 heteroatoms. The van der Waals surface area contributed by atoms with Crippen molar-refractivity contribution in [1.82, 2.24) is 0 Å². The van der Waals surface area contributed by atoms with Crippen molar-refractivity contribution in [2.45, 2.75) is 19.1 Å². The standard InChI is InChI=1S/C10H14ClNO2S/c1-5-7(12)3-2-6(9(5)11)10(14)8(13)4-15/h2-3,8,10,13-15H,4,12H2,1H3. The second kappa shape index (κ2) is 5.07. The first-order chi connectivity index (χ1) is 6.99. The lowest BCUT2D eigenvalue weighted by molar-refractivity contribution is 0.0338. The molecule has 0 radical (unpaired) electrons. The Morgan fingerprint density at radius 3 is 2.60 bits per heavy atom. The van der Waals surface area contributed by atoms with Gasteiger partial charge in [0.05, 0.1) is 11.1 Å². The molecule has 2 unspecified atom stereocenters. The number of nitrogen functional groups attached to an aromatic ring is 1. The van der Waals surface area contributed by atoms with Gasteiger partial charge in [0.15, 0.2) is 0 Å². The highest BCUT2D eigenvalue weighted by Crippen LogP contribution is 2.31. The quantitative estimate of drug-likeness (QED) is 0.484. The van der Waals surface area contributed by atoms with Crippen molar-refractivity contribution in [2.75, 3.05) is 11.5 Å². The van der Waals surface area contributed by atoms with Crippen LogP contribution in [0.5, 0.6) is 0 Å². The number of aliphatic hydroxyl groups excluding tert-OH is 2. The van der Waals surface area contributed by atoms with Crippen LogP contribution < -0.4 is 5.73 Å². The van der Waals surface area contributed by atoms with Crippen LogP contribution >= 0.6 is 24.2 Å². The Hall–Kier alpha value is -0.420. The Kier molecular flexibility index (Phi) is 4.28. The molecule has 1 aromatic carbocycles. The van der Waals surface area contributed by atoms with E-state index in [4.69, 9.17) is 17.3 Å². The second-order valence-corrected chi connectivity index (χ2v) is 4.12. The van der Waals surface area contributed by atoms with Gasteiger partial charge in [-0.3, -0.25) is 0 Å². The van der Waals surface area contributed by atoms with Crippen molar-refractivity contribution < 1.29 is 10.2 Å². The molecule has 0 fully saturated rings. The normalized spacial score (nSPS) is 15.0. The smallest absolute Gasteiger partial charge is 0.107 e. The number of benzene rings is 1. The van der Waals surface area contributed by atoms with Gasteiger partial charge in [-0.2, -0.15) is 12.6 Å². The Labute approximate surface area is 99.3 Å². The Balaban J connectivity index is 3.10. The van der Waals surface area contributed by atoms with Gasteiger partial charge in [-0.1, -0.05) is 17.7 Å². The molecule has 2 atom stereocenters. The first-order valence-electron chi connectivity index (χ1n) is 4.50. The van der Waals surface area contributed by atoms with Crippen molar-refractivity contribution >= 4 is 29.9 Å². The van der Waals surface area contributed by atoms with E-state index >= 15 is 0 Å². The Morgan fingerprint density at radius 1 is 1.47 bits per heavy atom. The molecule has 1 aromatic rings. The number of halogens is 1. The monoisotopic (exact) mass is 247 g/mol. The predicted molar refractivity (Wildman–Crippen MR) is 65.4 cm³/mol. The van der Waals surface area contributed by atoms with Crippen LogP contribution in [0.1, 0.15) is 17.2 Å². The molecule has 0 spiro atoms. The van der Waals surface area contributed by atoms with Crippen molar-refractivity contribution in [3.63, 3.8) is 0 Å². The third kappa shape index (κ3) is 2.58. The Morgan fingerprint density at radius 2 is 2.07 bits per heavy atom. The van der Waals surface area contributed by atoms with Crippen LogP contribution in [0, 0.1) is 6.92 Å². The van der Waals surface area contributed by atoms with Crippen molar-refractivity contribution in [3.8, 4) is 0 Å². The maximum absolute atomic E-state index is 9.76. The second-order valence-electron chi connectivity index (χ2n) is 3.38. The third-order valence-electron chi connectivity index (χ3n) is 2.33. The number of hydrogen-bond donors (Lipinski definition) is 4. The molecule has 15 heavy (non-hydrogen) atoms. The van der Waals surface area contributed by atoms with E-state index in [0.29, 0.717) is 21.8 Å². The lowest BCUT2D eigenvalue weighted by atomic mass is 10.0. The summed E-state index contributed by atoms with van der Waals surface area (Å²) in [5.41, 5.74) is 7.41. The Bertz CT molecular complexity index is 360. The first-order valence-corrected chi connectivity index (χ1v) is 5.51. The highest BCUT2D eigenvalue weighted by molar-refractivity contribution is 7.80. The van der Waals surface area contributed by atoms with Gasteiger partial charge in [0, 0.05) is 17.0 Å². The molecule has 84 valence electrons. The van der Waals surface area contributed by atoms with Crippen LogP contribution in [0.2, 0.25) is 5.02 Å². The summed E-state index contributed by atoms with van der Waals surface area (Å²) in [5, 5.41) is 19.6. The minimum atomic E-state index is -1.03. The molecule has 3 nitrogen and oxygen atoms in total. The minimum Gasteiger partial charge on any atom is -0.398 e. The fraction of sp³-hybridized carbons (Fsp3) is 0.400. The van der Waals surface area contributed by atoms with Gasteiger partial charge >= 0.3 is 0 Å². The highest BCUT2D eigenvalue weighted by Gasteiger charge is 2.20. The van der Waals surface area contributed by atoms with E-state index in [0.717, 1.165) is 0 Å². The number of hydrogen-bond acceptors (Lipinski definition) is 4. The van der Waals surface area contributed by atoms with E-state index in [2.05, 4.69) is 12.6 Å². The predicted octanol–water partition coefficient (Wildman–Crippen LogP) is 1.55. The van der Waals surface area contributed by atoms with Crippen LogP contribution in [0.25, 0.3) is 0 Å². The van der Waals surface area contributed by atoms with E-state index in [-0.39, 0.29) is 5.75 Å². The summed E-state index contributed by atoms with van der Waals surface area (Å²) in [4.78, 5) is 0. The summed E-state index contributed by atoms with van der Waals surface area (Å²) in [5.74, 6) is 0.168. The van der Waals surface area contributed by atoms with Crippen LogP contribution in [0.3, 0.4) is 0 Å². The van der Waals surface area contributed by atoms with Crippen molar-refractivity contribution in [2.24, 2.45) is 0 Å². The van der Waals surface area contributed by atoms with Crippen molar-refractivity contribution in [3.05, 3.63) is 28.3 Å². The van der Waals surface area contributed by atoms with Gasteiger partial charge in [-0.05, 0) is 18.6 Å². The van der Waals surface area contributed by atoms with Crippen molar-refractivity contribution in [1.29, 1.82) is 0 Å². The molecule has 0 amide bonds. The number of nitrogens with two attached hydrogens (primary N) is 1. The van der Waals surface area contributed by atoms with Gasteiger partial charge in [0.25, 0.3) is 0 Å². The molecular formula is C10H14ClNO2S. The average Bonchev–Trinajstić information content (AvgIpc) is 2.24. The highest BCUT2D eigenvalue weighted by atomic mass is 35.5. The summed E-state index contributed by atoms with van der Waals surface area (Å²) in [7, 11) is 0. The molecular weight excluding hydrogens is 234 g/mol. The molecule has 0 aliphatic rings. The first kappa shape index (κ1) is 12.6. The average molecular weight is 248 g/mol. The van der Waals surface area contributed by atoms with Gasteiger partial charge in [-0.15, -0.1) is 0 Å². The van der Waals surface area contributed by atoms with E-state index in [1.54, 1.807) is 19.1 Å². The summed E-state index contributed by atoms with van der Waals surface area (Å²) < 4.78 is 0. The lowest BCUT2D eigenvalue weighted by Crippen LogP contribution is -2.20. The van der Waals surface area contributed by atoms with Gasteiger partial charge in [-0.25, -0.2) is 0 Å². The number of anilines is 1. The molecule has 0 bridgehead atoms. The van der Waals surface area contributed by atoms with E-state index in [9.17, 15) is 10.2 Å². The zero-order chi connectivity index (χ0) is 11.6. The SMILES string of the molecule is Cc1c(N)ccc(C(O)C(O)CS)c1Cl. The molecule has 0 saturated heterocycles. The maximum Gasteiger partial charge on any atom is 0.107 e. The lowest BCUT2D eigenvalue weighted by Gasteiger charge is -2.18. The molecule has 1 rings (SSSR count). The number of rotatable bonds is 3. The van der Waals surface area contributed by atoms with Crippen LogP contribution in [0.4, 0.5) is 5.69 Å². The van der Waals surface area contributed by atoms with Crippen LogP contribution in [0.15, 0.2) is 12.1 Å². The largest absolute Gasteiger partial charge is 0.398 e. The van der Waals surface area contributed by atoms with E-state index in [1.807, 2.05) is 0 Å². The molecule has 0 aromatic heterocycles. The topological polar surface area (TPSA) is 66.5 Å². The number of thiol groups is 1. The number of aliphatic hydroxyl groups is 2. The zero-order valence-electron chi connectivity index (χ0n) is 8.31. The van der Waals surface area contributed by atoms with Crippen LogP contribution in [-0.4, -0.2) is 22.1 Å². The van der Waals surface area contributed by atoms with Crippen LogP contribution in [-0.2, 0) is 0 Å². The summed E-state index contributed by atoms with van der Waals surface area (Å²) >= 11 is 9.93. The molecule has 0 aliphatic heterocycles. The zero-order valence-corrected chi connectivity index (χ0v) is 9.96. The maximum atomic E-state index is 9.76. The fourth-order valence-electron chi connectivity index (χ4n) is 1.26. The summed E-state index contributed by atoms with van der Waals surface area (Å²) in [6.45, 7) is 1.76. The van der Waals surface area contributed by atoms with Gasteiger partial charge < -0.3 is 15.9 Å². The van der Waals surface area contributed by atoms with Gasteiger partial charge in [0.2, 0.25) is 0 Å². The molecule has 0 heterocycles. The third-order valence-corrected chi connectivity index (χ3v) is 3.20. The summed E-state index contributed by atoms with van der Waals surface area (Å²) in [6, 6.07) is 3.27. The fourth-order valence-corrected chi connectivity index (χ4v) is 1.74. The molecule has 4 N–H and O–H groups in total. The van der Waals surface area contributed by atoms with Gasteiger partial charge in [0.1, 0.15) is 6.10 Å². The van der Waals surface area contributed by atoms with E-state index in [1.165, 1.54) is 0 Å². The minimum absolute atomic E-state index is 0.168. The van der Waals surface area contributed by atoms with E-state index < -0.39 is 12.2 Å². The molecule has 0 saturated carbocycles.